The molecule has 0 spiro atoms. The average Bonchev–Trinajstić information content (AvgIpc) is 2.98. The second kappa shape index (κ2) is 4.81. The van der Waals surface area contributed by atoms with E-state index in [9.17, 15) is 0 Å². The smallest absolute Gasteiger partial charge is 0.213 e. The molecular formula is C11H15N5S2. The van der Waals surface area contributed by atoms with E-state index in [4.69, 9.17) is 12.2 Å². The number of aromatic amines is 2. The fraction of sp³-hybridized carbons (Fsp3) is 0.545. The molecule has 96 valence electrons. The molecule has 18 heavy (non-hydrogen) atoms. The molecule has 1 aliphatic rings. The lowest BCUT2D eigenvalue weighted by Gasteiger charge is -2.29. The van der Waals surface area contributed by atoms with Crippen LogP contribution in [0.15, 0.2) is 5.38 Å². The number of rotatable bonds is 2. The number of nitrogens with zero attached hydrogens (tertiary/aromatic N) is 3. The van der Waals surface area contributed by atoms with Crippen LogP contribution in [0, 0.1) is 10.7 Å². The van der Waals surface area contributed by atoms with Crippen molar-refractivity contribution < 1.29 is 0 Å². The fourth-order valence-corrected chi connectivity index (χ4v) is 3.12. The van der Waals surface area contributed by atoms with E-state index in [1.807, 2.05) is 5.38 Å². The lowest BCUT2D eigenvalue weighted by molar-refractivity contribution is 0.438. The highest BCUT2D eigenvalue weighted by atomic mass is 32.1. The summed E-state index contributed by atoms with van der Waals surface area (Å²) in [5.74, 6) is 1.55. The average molecular weight is 281 g/mol. The highest BCUT2D eigenvalue weighted by molar-refractivity contribution is 7.71. The zero-order valence-corrected chi connectivity index (χ0v) is 11.8. The Morgan fingerprint density at radius 3 is 2.78 bits per heavy atom. The maximum absolute atomic E-state index is 4.95. The monoisotopic (exact) mass is 281 g/mol. The third-order valence-corrected chi connectivity index (χ3v) is 4.38. The molecular weight excluding hydrogens is 266 g/mol. The first-order valence-corrected chi connectivity index (χ1v) is 7.36. The first-order chi connectivity index (χ1) is 8.72. The topological polar surface area (TPSA) is 60.6 Å². The molecule has 1 saturated heterocycles. The number of thiazole rings is 1. The Balaban J connectivity index is 1.79. The third-order valence-electron chi connectivity index (χ3n) is 3.29. The van der Waals surface area contributed by atoms with Crippen LogP contribution in [0.4, 0.5) is 5.13 Å². The normalized spacial score (nSPS) is 17.3. The van der Waals surface area contributed by atoms with Gasteiger partial charge in [0.05, 0.1) is 0 Å². The van der Waals surface area contributed by atoms with Crippen molar-refractivity contribution in [2.45, 2.75) is 19.8 Å². The molecule has 2 aromatic heterocycles. The van der Waals surface area contributed by atoms with E-state index in [1.54, 1.807) is 11.3 Å². The third kappa shape index (κ3) is 2.32. The summed E-state index contributed by atoms with van der Waals surface area (Å²) in [5, 5.41) is 8.83. The minimum absolute atomic E-state index is 0.464. The molecule has 3 heterocycles. The highest BCUT2D eigenvalue weighted by Gasteiger charge is 2.19. The molecule has 0 bridgehead atoms. The molecule has 7 heteroatoms. The van der Waals surface area contributed by atoms with Crippen LogP contribution in [-0.2, 0) is 0 Å². The van der Waals surface area contributed by atoms with Crippen molar-refractivity contribution in [3.63, 3.8) is 0 Å². The summed E-state index contributed by atoms with van der Waals surface area (Å²) in [6, 6.07) is 0. The Morgan fingerprint density at radius 1 is 1.33 bits per heavy atom. The molecule has 1 fully saturated rings. The lowest BCUT2D eigenvalue weighted by atomic mass is 10.00. The SMILES string of the molecule is CC1CCN(c2nc(-c3nc(=S)[nH][nH]3)cs2)CC1. The van der Waals surface area contributed by atoms with Crippen molar-refractivity contribution in [1.82, 2.24) is 20.2 Å². The fourth-order valence-electron chi connectivity index (χ4n) is 2.11. The molecule has 3 rings (SSSR count). The number of H-pyrrole nitrogens is 2. The number of aromatic nitrogens is 4. The van der Waals surface area contributed by atoms with Gasteiger partial charge in [0.15, 0.2) is 11.0 Å². The Kier molecular flexibility index (Phi) is 3.17. The predicted octanol–water partition coefficient (Wildman–Crippen LogP) is 2.83. The number of anilines is 1. The van der Waals surface area contributed by atoms with E-state index in [0.717, 1.165) is 29.8 Å². The van der Waals surface area contributed by atoms with Gasteiger partial charge in [-0.15, -0.1) is 11.3 Å². The van der Waals surface area contributed by atoms with Gasteiger partial charge in [0.2, 0.25) is 4.77 Å². The van der Waals surface area contributed by atoms with Gasteiger partial charge in [-0.25, -0.2) is 4.98 Å². The first-order valence-electron chi connectivity index (χ1n) is 6.08. The van der Waals surface area contributed by atoms with Crippen molar-refractivity contribution in [1.29, 1.82) is 0 Å². The number of piperidine rings is 1. The van der Waals surface area contributed by atoms with Crippen molar-refractivity contribution in [3.05, 3.63) is 10.2 Å². The molecule has 1 aliphatic heterocycles. The van der Waals surface area contributed by atoms with Gasteiger partial charge in [-0.3, -0.25) is 10.2 Å². The minimum atomic E-state index is 0.464. The van der Waals surface area contributed by atoms with Crippen LogP contribution in [0.5, 0.6) is 0 Å². The van der Waals surface area contributed by atoms with E-state index in [2.05, 4.69) is 32.0 Å². The van der Waals surface area contributed by atoms with E-state index in [1.165, 1.54) is 12.8 Å². The molecule has 2 aromatic rings. The van der Waals surface area contributed by atoms with Crippen LogP contribution in [0.2, 0.25) is 0 Å². The van der Waals surface area contributed by atoms with Gasteiger partial charge in [-0.2, -0.15) is 4.98 Å². The largest absolute Gasteiger partial charge is 0.348 e. The van der Waals surface area contributed by atoms with Crippen LogP contribution in [0.25, 0.3) is 11.5 Å². The molecule has 0 atom stereocenters. The zero-order valence-electron chi connectivity index (χ0n) is 10.1. The predicted molar refractivity (Wildman–Crippen MR) is 75.5 cm³/mol. The van der Waals surface area contributed by atoms with Crippen molar-refractivity contribution in [2.24, 2.45) is 5.92 Å². The van der Waals surface area contributed by atoms with Crippen LogP contribution in [0.1, 0.15) is 19.8 Å². The van der Waals surface area contributed by atoms with Crippen molar-refractivity contribution in [3.8, 4) is 11.5 Å². The Labute approximate surface area is 114 Å². The van der Waals surface area contributed by atoms with Gasteiger partial charge in [-0.05, 0) is 31.0 Å². The number of hydrogen-bond donors (Lipinski definition) is 2. The maximum Gasteiger partial charge on any atom is 0.213 e. The summed E-state index contributed by atoms with van der Waals surface area (Å²) in [6.45, 7) is 4.52. The second-order valence-electron chi connectivity index (χ2n) is 4.70. The van der Waals surface area contributed by atoms with Gasteiger partial charge >= 0.3 is 0 Å². The van der Waals surface area contributed by atoms with Crippen LogP contribution < -0.4 is 4.90 Å². The minimum Gasteiger partial charge on any atom is -0.348 e. The van der Waals surface area contributed by atoms with Gasteiger partial charge in [0, 0.05) is 18.5 Å². The van der Waals surface area contributed by atoms with Crippen LogP contribution in [0.3, 0.4) is 0 Å². The summed E-state index contributed by atoms with van der Waals surface area (Å²) in [4.78, 5) is 11.2. The maximum atomic E-state index is 4.95. The van der Waals surface area contributed by atoms with Gasteiger partial charge in [0.1, 0.15) is 5.69 Å². The van der Waals surface area contributed by atoms with Gasteiger partial charge < -0.3 is 4.90 Å². The summed E-state index contributed by atoms with van der Waals surface area (Å²) in [6.07, 6.45) is 2.50. The second-order valence-corrected chi connectivity index (χ2v) is 5.92. The quantitative estimate of drug-likeness (QED) is 0.831. The molecule has 0 aromatic carbocycles. The van der Waals surface area contributed by atoms with E-state index < -0.39 is 0 Å². The van der Waals surface area contributed by atoms with Crippen molar-refractivity contribution in [2.75, 3.05) is 18.0 Å². The summed E-state index contributed by atoms with van der Waals surface area (Å²) in [5.41, 5.74) is 0.862. The van der Waals surface area contributed by atoms with Gasteiger partial charge in [-0.1, -0.05) is 6.92 Å². The number of nitrogens with one attached hydrogen (secondary N) is 2. The molecule has 0 amide bonds. The Bertz CT molecular complexity index is 576. The van der Waals surface area contributed by atoms with E-state index >= 15 is 0 Å². The molecule has 0 aliphatic carbocycles. The van der Waals surface area contributed by atoms with Crippen LogP contribution >= 0.6 is 23.6 Å². The summed E-state index contributed by atoms with van der Waals surface area (Å²) < 4.78 is 0.464. The van der Waals surface area contributed by atoms with Gasteiger partial charge in [0.25, 0.3) is 0 Å². The molecule has 2 N–H and O–H groups in total. The zero-order chi connectivity index (χ0) is 12.5. The van der Waals surface area contributed by atoms with E-state index in [-0.39, 0.29) is 0 Å². The Hall–Kier alpha value is -1.21. The van der Waals surface area contributed by atoms with Crippen molar-refractivity contribution >= 4 is 28.7 Å². The molecule has 5 nitrogen and oxygen atoms in total. The molecule has 0 unspecified atom stereocenters. The highest BCUT2D eigenvalue weighted by Crippen LogP contribution is 2.28. The standard InChI is InChI=1S/C11H15N5S2/c1-7-2-4-16(5-3-7)11-12-8(6-18-11)9-13-10(17)15-14-9/h6-7H,2-5H2,1H3,(H2,13,14,15,17). The van der Waals surface area contributed by atoms with E-state index in [0.29, 0.717) is 10.6 Å². The Morgan fingerprint density at radius 2 is 2.11 bits per heavy atom. The summed E-state index contributed by atoms with van der Waals surface area (Å²) >= 11 is 6.61. The lowest BCUT2D eigenvalue weighted by Crippen LogP contribution is -2.32. The first kappa shape index (κ1) is 11.9. The molecule has 0 radical (unpaired) electrons. The molecule has 0 saturated carbocycles. The summed E-state index contributed by atoms with van der Waals surface area (Å²) in [7, 11) is 0. The van der Waals surface area contributed by atoms with Crippen LogP contribution in [-0.4, -0.2) is 33.3 Å². The number of hydrogen-bond acceptors (Lipinski definition) is 5.